The molecule has 2 saturated carbocycles. The lowest BCUT2D eigenvalue weighted by Crippen LogP contribution is -2.32. The topological polar surface area (TPSA) is 50.9 Å². The fourth-order valence-electron chi connectivity index (χ4n) is 2.61. The van der Waals surface area contributed by atoms with Gasteiger partial charge < -0.3 is 11.1 Å². The van der Waals surface area contributed by atoms with E-state index >= 15 is 0 Å². The summed E-state index contributed by atoms with van der Waals surface area (Å²) >= 11 is 0. The van der Waals surface area contributed by atoms with E-state index in [1.807, 2.05) is 6.20 Å². The van der Waals surface area contributed by atoms with Crippen molar-refractivity contribution in [2.24, 2.45) is 17.6 Å². The number of aromatic nitrogens is 1. The van der Waals surface area contributed by atoms with Gasteiger partial charge in [-0.05, 0) is 55.2 Å². The van der Waals surface area contributed by atoms with E-state index in [0.29, 0.717) is 6.54 Å². The van der Waals surface area contributed by atoms with Crippen molar-refractivity contribution in [2.75, 3.05) is 0 Å². The SMILES string of the molecule is NCc1cc(CNC(C2CC2)C2CC2)ccn1. The van der Waals surface area contributed by atoms with Crippen LogP contribution in [0, 0.1) is 11.8 Å². The van der Waals surface area contributed by atoms with Gasteiger partial charge in [-0.3, -0.25) is 4.98 Å². The Labute approximate surface area is 103 Å². The monoisotopic (exact) mass is 231 g/mol. The minimum atomic E-state index is 0.530. The van der Waals surface area contributed by atoms with Gasteiger partial charge in [0.05, 0.1) is 5.69 Å². The van der Waals surface area contributed by atoms with Crippen molar-refractivity contribution in [1.82, 2.24) is 10.3 Å². The van der Waals surface area contributed by atoms with E-state index in [1.165, 1.54) is 31.2 Å². The van der Waals surface area contributed by atoms with E-state index in [4.69, 9.17) is 5.73 Å². The van der Waals surface area contributed by atoms with Crippen LogP contribution in [0.5, 0.6) is 0 Å². The zero-order chi connectivity index (χ0) is 11.7. The van der Waals surface area contributed by atoms with Crippen LogP contribution in [0.4, 0.5) is 0 Å². The highest BCUT2D eigenvalue weighted by molar-refractivity contribution is 5.16. The Balaban J connectivity index is 1.58. The summed E-state index contributed by atoms with van der Waals surface area (Å²) in [7, 11) is 0. The molecule has 1 aromatic heterocycles. The molecule has 0 amide bonds. The maximum absolute atomic E-state index is 5.61. The zero-order valence-corrected chi connectivity index (χ0v) is 10.2. The molecule has 3 nitrogen and oxygen atoms in total. The second kappa shape index (κ2) is 4.75. The number of nitrogens with zero attached hydrogens (tertiary/aromatic N) is 1. The third-order valence-corrected chi connectivity index (χ3v) is 3.89. The van der Waals surface area contributed by atoms with Gasteiger partial charge in [0, 0.05) is 25.3 Å². The van der Waals surface area contributed by atoms with E-state index in [9.17, 15) is 0 Å². The van der Waals surface area contributed by atoms with Crippen molar-refractivity contribution in [3.8, 4) is 0 Å². The molecule has 2 aliphatic carbocycles. The summed E-state index contributed by atoms with van der Waals surface area (Å²) < 4.78 is 0. The summed E-state index contributed by atoms with van der Waals surface area (Å²) in [5, 5.41) is 3.74. The molecule has 3 heteroatoms. The summed E-state index contributed by atoms with van der Waals surface area (Å²) in [5.41, 5.74) is 7.90. The standard InChI is InChI=1S/C14H21N3/c15-8-13-7-10(5-6-16-13)9-17-14(11-1-2-11)12-3-4-12/h5-7,11-12,14,17H,1-4,8-9,15H2. The van der Waals surface area contributed by atoms with Crippen molar-refractivity contribution < 1.29 is 0 Å². The molecule has 0 saturated heterocycles. The highest BCUT2D eigenvalue weighted by atomic mass is 14.9. The summed E-state index contributed by atoms with van der Waals surface area (Å²) in [5.74, 6) is 1.91. The summed E-state index contributed by atoms with van der Waals surface area (Å²) in [4.78, 5) is 4.23. The van der Waals surface area contributed by atoms with Crippen LogP contribution in [0.1, 0.15) is 36.9 Å². The fraction of sp³-hybridized carbons (Fsp3) is 0.643. The molecule has 0 unspecified atom stereocenters. The third kappa shape index (κ3) is 2.85. The van der Waals surface area contributed by atoms with Gasteiger partial charge in [-0.1, -0.05) is 0 Å². The normalized spacial score (nSPS) is 19.9. The average molecular weight is 231 g/mol. The van der Waals surface area contributed by atoms with Crippen molar-refractivity contribution in [3.05, 3.63) is 29.6 Å². The molecule has 0 bridgehead atoms. The van der Waals surface area contributed by atoms with Crippen LogP contribution < -0.4 is 11.1 Å². The van der Waals surface area contributed by atoms with Gasteiger partial charge >= 0.3 is 0 Å². The molecule has 17 heavy (non-hydrogen) atoms. The first kappa shape index (κ1) is 11.2. The summed E-state index contributed by atoms with van der Waals surface area (Å²) in [6, 6.07) is 4.97. The Kier molecular flexibility index (Phi) is 3.12. The van der Waals surface area contributed by atoms with Gasteiger partial charge in [-0.15, -0.1) is 0 Å². The Morgan fingerprint density at radius 2 is 2.00 bits per heavy atom. The molecule has 0 spiro atoms. The second-order valence-corrected chi connectivity index (χ2v) is 5.44. The lowest BCUT2D eigenvalue weighted by atomic mass is 10.1. The molecule has 0 aliphatic heterocycles. The highest BCUT2D eigenvalue weighted by Gasteiger charge is 2.40. The van der Waals surface area contributed by atoms with Crippen LogP contribution in [0.3, 0.4) is 0 Å². The molecular weight excluding hydrogens is 210 g/mol. The average Bonchev–Trinajstić information content (AvgIpc) is 3.22. The number of nitrogens with one attached hydrogen (secondary N) is 1. The predicted octanol–water partition coefficient (Wildman–Crippen LogP) is 1.82. The number of rotatable bonds is 6. The smallest absolute Gasteiger partial charge is 0.0542 e. The van der Waals surface area contributed by atoms with Crippen LogP contribution in [0.2, 0.25) is 0 Å². The number of nitrogens with two attached hydrogens (primary N) is 1. The third-order valence-electron chi connectivity index (χ3n) is 3.89. The predicted molar refractivity (Wildman–Crippen MR) is 68.2 cm³/mol. The van der Waals surface area contributed by atoms with Crippen LogP contribution >= 0.6 is 0 Å². The molecule has 0 atom stereocenters. The van der Waals surface area contributed by atoms with Crippen LogP contribution in [-0.2, 0) is 13.1 Å². The first-order valence-electron chi connectivity index (χ1n) is 6.74. The van der Waals surface area contributed by atoms with Crippen molar-refractivity contribution in [1.29, 1.82) is 0 Å². The second-order valence-electron chi connectivity index (χ2n) is 5.44. The lowest BCUT2D eigenvalue weighted by Gasteiger charge is -2.17. The lowest BCUT2D eigenvalue weighted by molar-refractivity contribution is 0.415. The van der Waals surface area contributed by atoms with Gasteiger partial charge in [0.25, 0.3) is 0 Å². The van der Waals surface area contributed by atoms with Gasteiger partial charge in [0.15, 0.2) is 0 Å². The molecule has 0 radical (unpaired) electrons. The Bertz CT molecular complexity index is 371. The van der Waals surface area contributed by atoms with Crippen molar-refractivity contribution in [2.45, 2.75) is 44.8 Å². The molecule has 2 fully saturated rings. The molecule has 92 valence electrons. The molecular formula is C14H21N3. The minimum Gasteiger partial charge on any atom is -0.325 e. The molecule has 1 aromatic rings. The summed E-state index contributed by atoms with van der Waals surface area (Å²) in [6.45, 7) is 1.50. The van der Waals surface area contributed by atoms with Gasteiger partial charge in [0.2, 0.25) is 0 Å². The van der Waals surface area contributed by atoms with E-state index in [2.05, 4.69) is 22.4 Å². The summed E-state index contributed by atoms with van der Waals surface area (Å²) in [6.07, 6.45) is 7.58. The highest BCUT2D eigenvalue weighted by Crippen LogP contribution is 2.44. The quantitative estimate of drug-likeness (QED) is 0.785. The van der Waals surface area contributed by atoms with Crippen LogP contribution in [-0.4, -0.2) is 11.0 Å². The first-order chi connectivity index (χ1) is 8.36. The molecule has 3 N–H and O–H groups in total. The maximum Gasteiger partial charge on any atom is 0.0542 e. The number of pyridine rings is 1. The van der Waals surface area contributed by atoms with E-state index in [-0.39, 0.29) is 0 Å². The van der Waals surface area contributed by atoms with Crippen molar-refractivity contribution >= 4 is 0 Å². The minimum absolute atomic E-state index is 0.530. The zero-order valence-electron chi connectivity index (χ0n) is 10.2. The van der Waals surface area contributed by atoms with Crippen molar-refractivity contribution in [3.63, 3.8) is 0 Å². The maximum atomic E-state index is 5.61. The number of hydrogen-bond donors (Lipinski definition) is 2. The molecule has 1 heterocycles. The number of hydrogen-bond acceptors (Lipinski definition) is 3. The van der Waals surface area contributed by atoms with E-state index in [1.54, 1.807) is 0 Å². The Morgan fingerprint density at radius 1 is 1.29 bits per heavy atom. The Morgan fingerprint density at radius 3 is 2.59 bits per heavy atom. The molecule has 0 aromatic carbocycles. The molecule has 3 rings (SSSR count). The van der Waals surface area contributed by atoms with Gasteiger partial charge in [0.1, 0.15) is 0 Å². The van der Waals surface area contributed by atoms with Crippen LogP contribution in [0.15, 0.2) is 18.3 Å². The van der Waals surface area contributed by atoms with Crippen LogP contribution in [0.25, 0.3) is 0 Å². The molecule has 2 aliphatic rings. The van der Waals surface area contributed by atoms with E-state index in [0.717, 1.165) is 30.1 Å². The van der Waals surface area contributed by atoms with Gasteiger partial charge in [-0.2, -0.15) is 0 Å². The first-order valence-corrected chi connectivity index (χ1v) is 6.74. The fourth-order valence-corrected chi connectivity index (χ4v) is 2.61. The Hall–Kier alpha value is -0.930. The van der Waals surface area contributed by atoms with E-state index < -0.39 is 0 Å². The van der Waals surface area contributed by atoms with Gasteiger partial charge in [-0.25, -0.2) is 0 Å². The largest absolute Gasteiger partial charge is 0.325 e.